The van der Waals surface area contributed by atoms with Crippen LogP contribution >= 0.6 is 7.60 Å². The standard InChI is InChI=1S/C20H25N10O10P/c1-36-20-12(11(33)18(39-20)30-5-28-8-14(22)24-3-26-16(8)30)40-41(34,35)6-37-19-10(32)9(31)17(38-19)29-4-27-7-13(21)23-2-25-15(7)29/h2-5,9-12,17-20,31-33H,6H2,1H3,(H,34,35)(H2,21,23,25)(H2,22,24,26)/t9-,10+,11-,12+,17+,18+,19-,20-/m0/s1. The number of anilines is 2. The second-order valence-electron chi connectivity index (χ2n) is 9.17. The number of fused-ring (bicyclic) bond motifs is 2. The third kappa shape index (κ3) is 4.78. The van der Waals surface area contributed by atoms with Crippen LogP contribution in [0.2, 0.25) is 0 Å². The Balaban J connectivity index is 1.14. The van der Waals surface area contributed by atoms with Crippen molar-refractivity contribution < 1.29 is 48.2 Å². The fourth-order valence-electron chi connectivity index (χ4n) is 4.65. The maximum atomic E-state index is 13.0. The van der Waals surface area contributed by atoms with Crippen LogP contribution in [-0.2, 0) is 28.0 Å². The summed E-state index contributed by atoms with van der Waals surface area (Å²) in [5.41, 5.74) is 12.6. The van der Waals surface area contributed by atoms with E-state index in [1.165, 1.54) is 41.6 Å². The lowest BCUT2D eigenvalue weighted by Crippen LogP contribution is -2.35. The third-order valence-corrected chi connectivity index (χ3v) is 7.66. The van der Waals surface area contributed by atoms with Gasteiger partial charge in [0, 0.05) is 7.11 Å². The predicted octanol–water partition coefficient (Wildman–Crippen LogP) is -2.19. The number of rotatable bonds is 8. The van der Waals surface area contributed by atoms with Gasteiger partial charge >= 0.3 is 7.60 Å². The molecule has 2 saturated heterocycles. The lowest BCUT2D eigenvalue weighted by molar-refractivity contribution is -0.171. The van der Waals surface area contributed by atoms with E-state index in [1.807, 2.05) is 0 Å². The van der Waals surface area contributed by atoms with Gasteiger partial charge < -0.3 is 50.6 Å². The van der Waals surface area contributed by atoms with Gasteiger partial charge in [-0.3, -0.25) is 18.2 Å². The zero-order valence-electron chi connectivity index (χ0n) is 21.1. The highest BCUT2D eigenvalue weighted by molar-refractivity contribution is 7.52. The largest absolute Gasteiger partial charge is 0.385 e. The van der Waals surface area contributed by atoms with Crippen LogP contribution in [0.5, 0.6) is 0 Å². The normalized spacial score (nSPS) is 31.7. The lowest BCUT2D eigenvalue weighted by atomic mass is 10.2. The quantitative estimate of drug-likeness (QED) is 0.118. The van der Waals surface area contributed by atoms with Gasteiger partial charge in [0.05, 0.1) is 12.7 Å². The number of nitrogen functional groups attached to an aromatic ring is 2. The molecular weight excluding hydrogens is 571 g/mol. The minimum absolute atomic E-state index is 0.0984. The molecule has 2 fully saturated rings. The van der Waals surface area contributed by atoms with Gasteiger partial charge in [0.15, 0.2) is 54.3 Å². The molecule has 41 heavy (non-hydrogen) atoms. The van der Waals surface area contributed by atoms with Gasteiger partial charge in [-0.15, -0.1) is 0 Å². The molecule has 0 saturated carbocycles. The molecule has 0 aliphatic carbocycles. The van der Waals surface area contributed by atoms with E-state index in [-0.39, 0.29) is 34.0 Å². The molecule has 0 radical (unpaired) electrons. The molecule has 9 atom stereocenters. The maximum absolute atomic E-state index is 13.0. The molecule has 4 aromatic heterocycles. The van der Waals surface area contributed by atoms with Gasteiger partial charge in [0.1, 0.15) is 48.1 Å². The summed E-state index contributed by atoms with van der Waals surface area (Å²) in [7, 11) is -3.40. The van der Waals surface area contributed by atoms with Crippen molar-refractivity contribution in [3.05, 3.63) is 25.3 Å². The van der Waals surface area contributed by atoms with Crippen LogP contribution in [-0.4, -0.2) is 110 Å². The van der Waals surface area contributed by atoms with Gasteiger partial charge in [-0.1, -0.05) is 0 Å². The van der Waals surface area contributed by atoms with Gasteiger partial charge in [0.25, 0.3) is 0 Å². The Hall–Kier alpha value is -3.43. The zero-order chi connectivity index (χ0) is 29.1. The van der Waals surface area contributed by atoms with E-state index in [1.54, 1.807) is 0 Å². The van der Waals surface area contributed by atoms with Crippen molar-refractivity contribution in [2.45, 2.75) is 49.5 Å². The molecule has 0 spiro atoms. The van der Waals surface area contributed by atoms with Gasteiger partial charge in [-0.25, -0.2) is 29.9 Å². The fraction of sp³-hybridized carbons (Fsp3) is 0.500. The molecule has 4 aromatic rings. The van der Waals surface area contributed by atoms with E-state index in [9.17, 15) is 24.8 Å². The van der Waals surface area contributed by atoms with Gasteiger partial charge in [-0.2, -0.15) is 0 Å². The molecule has 2 aliphatic rings. The van der Waals surface area contributed by atoms with Crippen LogP contribution in [0, 0.1) is 0 Å². The van der Waals surface area contributed by atoms with Gasteiger partial charge in [-0.05, 0) is 0 Å². The first-order valence-corrected chi connectivity index (χ1v) is 13.7. The average molecular weight is 596 g/mol. The summed E-state index contributed by atoms with van der Waals surface area (Å²) in [5.74, 6) is 0.206. The highest BCUT2D eigenvalue weighted by atomic mass is 31.2. The molecule has 1 unspecified atom stereocenters. The Bertz CT molecular complexity index is 1620. The molecule has 220 valence electrons. The Morgan fingerprint density at radius 1 is 0.854 bits per heavy atom. The van der Waals surface area contributed by atoms with Crippen LogP contribution in [0.15, 0.2) is 25.3 Å². The number of aromatic nitrogens is 8. The summed E-state index contributed by atoms with van der Waals surface area (Å²) in [5, 5.41) is 32.0. The second-order valence-corrected chi connectivity index (χ2v) is 10.9. The maximum Gasteiger partial charge on any atom is 0.354 e. The summed E-state index contributed by atoms with van der Waals surface area (Å²) in [6, 6.07) is 0. The van der Waals surface area contributed by atoms with Crippen LogP contribution in [0.3, 0.4) is 0 Å². The number of aliphatic hydroxyl groups excluding tert-OH is 3. The molecule has 6 heterocycles. The number of aliphatic hydroxyl groups is 3. The van der Waals surface area contributed by atoms with Crippen molar-refractivity contribution in [1.29, 1.82) is 0 Å². The fourth-order valence-corrected chi connectivity index (χ4v) is 5.65. The van der Waals surface area contributed by atoms with Crippen LogP contribution in [0.25, 0.3) is 22.3 Å². The number of nitrogens with two attached hydrogens (primary N) is 2. The van der Waals surface area contributed by atoms with Crippen LogP contribution in [0.1, 0.15) is 12.5 Å². The molecule has 20 nitrogen and oxygen atoms in total. The van der Waals surface area contributed by atoms with E-state index in [0.29, 0.717) is 0 Å². The van der Waals surface area contributed by atoms with E-state index in [0.717, 1.165) is 0 Å². The zero-order valence-corrected chi connectivity index (χ0v) is 21.9. The monoisotopic (exact) mass is 596 g/mol. The average Bonchev–Trinajstić information content (AvgIpc) is 3.70. The summed E-state index contributed by atoms with van der Waals surface area (Å²) in [6.07, 6.45) is -7.37. The van der Waals surface area contributed by atoms with Crippen molar-refractivity contribution in [1.82, 2.24) is 39.0 Å². The van der Waals surface area contributed by atoms with Crippen molar-refractivity contribution in [3.63, 3.8) is 0 Å². The first-order chi connectivity index (χ1) is 19.6. The SMILES string of the molecule is CO[C@H]1O[C@@H](n2cnc3c(N)ncnc32)[C@@H](O)[C@H]1OP(=O)(O)CO[C@H]1O[C@@H](n2cnc3c(N)ncnc32)[C@@H](O)[C@H]1O. The molecule has 0 bridgehead atoms. The molecule has 6 rings (SSSR count). The summed E-state index contributed by atoms with van der Waals surface area (Å²) in [4.78, 5) is 34.6. The Kier molecular flexibility index (Phi) is 7.06. The lowest BCUT2D eigenvalue weighted by Gasteiger charge is -2.24. The van der Waals surface area contributed by atoms with Crippen LogP contribution < -0.4 is 11.5 Å². The molecular formula is C20H25N10O10P. The van der Waals surface area contributed by atoms with Crippen molar-refractivity contribution in [3.8, 4) is 0 Å². The van der Waals surface area contributed by atoms with Gasteiger partial charge in [0.2, 0.25) is 0 Å². The predicted molar refractivity (Wildman–Crippen MR) is 133 cm³/mol. The number of imidazole rings is 2. The Labute approximate surface area is 229 Å². The third-order valence-electron chi connectivity index (χ3n) is 6.61. The number of hydrogen-bond acceptors (Lipinski definition) is 17. The molecule has 21 heteroatoms. The summed E-state index contributed by atoms with van der Waals surface area (Å²) in [6.45, 7) is 0. The van der Waals surface area contributed by atoms with Crippen LogP contribution in [0.4, 0.5) is 11.6 Å². The molecule has 2 aliphatic heterocycles. The van der Waals surface area contributed by atoms with E-state index in [2.05, 4.69) is 29.9 Å². The van der Waals surface area contributed by atoms with E-state index < -0.39 is 63.4 Å². The molecule has 0 aromatic carbocycles. The minimum atomic E-state index is -4.65. The van der Waals surface area contributed by atoms with Crippen molar-refractivity contribution in [2.24, 2.45) is 0 Å². The number of nitrogens with zero attached hydrogens (tertiary/aromatic N) is 8. The highest BCUT2D eigenvalue weighted by Gasteiger charge is 2.50. The Morgan fingerprint density at radius 3 is 1.95 bits per heavy atom. The van der Waals surface area contributed by atoms with E-state index in [4.69, 9.17) is 34.9 Å². The van der Waals surface area contributed by atoms with Crippen molar-refractivity contribution >= 4 is 41.6 Å². The second kappa shape index (κ2) is 10.4. The Morgan fingerprint density at radius 2 is 1.39 bits per heavy atom. The highest BCUT2D eigenvalue weighted by Crippen LogP contribution is 2.48. The first-order valence-electron chi connectivity index (χ1n) is 12.0. The molecule has 0 amide bonds. The number of ether oxygens (including phenoxy) is 4. The summed E-state index contributed by atoms with van der Waals surface area (Å²) >= 11 is 0. The minimum Gasteiger partial charge on any atom is -0.385 e. The summed E-state index contributed by atoms with van der Waals surface area (Å²) < 4.78 is 42.8. The molecule has 8 N–H and O–H groups in total. The smallest absolute Gasteiger partial charge is 0.354 e. The van der Waals surface area contributed by atoms with E-state index >= 15 is 0 Å². The van der Waals surface area contributed by atoms with Crippen molar-refractivity contribution in [2.75, 3.05) is 24.9 Å². The number of hydrogen-bond donors (Lipinski definition) is 6. The number of methoxy groups -OCH3 is 1. The topological polar surface area (TPSA) is 283 Å². The first kappa shape index (κ1) is 27.7.